The zero-order valence-electron chi connectivity index (χ0n) is 15.9. The molecule has 0 spiro atoms. The zero-order chi connectivity index (χ0) is 19.7. The van der Waals surface area contributed by atoms with Gasteiger partial charge in [0.2, 0.25) is 17.8 Å². The minimum absolute atomic E-state index is 0.0608. The molecule has 0 aliphatic carbocycles. The Morgan fingerprint density at radius 3 is 2.68 bits per heavy atom. The first kappa shape index (κ1) is 18.0. The summed E-state index contributed by atoms with van der Waals surface area (Å²) < 4.78 is 7.12. The van der Waals surface area contributed by atoms with Crippen molar-refractivity contribution in [3.63, 3.8) is 0 Å². The van der Waals surface area contributed by atoms with Crippen molar-refractivity contribution in [2.45, 2.75) is 19.9 Å². The Bertz CT molecular complexity index is 1030. The average molecular weight is 378 g/mol. The molecular weight excluding hydrogens is 356 g/mol. The van der Waals surface area contributed by atoms with Gasteiger partial charge in [-0.15, -0.1) is 0 Å². The highest BCUT2D eigenvalue weighted by Gasteiger charge is 2.35. The second-order valence-corrected chi connectivity index (χ2v) is 6.76. The van der Waals surface area contributed by atoms with Crippen LogP contribution in [0.2, 0.25) is 0 Å². The third-order valence-corrected chi connectivity index (χ3v) is 5.09. The van der Waals surface area contributed by atoms with E-state index in [4.69, 9.17) is 4.74 Å². The van der Waals surface area contributed by atoms with E-state index >= 15 is 0 Å². The fourth-order valence-corrected chi connectivity index (χ4v) is 3.60. The van der Waals surface area contributed by atoms with Crippen LogP contribution in [0.5, 0.6) is 5.75 Å². The molecule has 144 valence electrons. The highest BCUT2D eigenvalue weighted by Crippen LogP contribution is 2.28. The summed E-state index contributed by atoms with van der Waals surface area (Å²) in [4.78, 5) is 31.4. The summed E-state index contributed by atoms with van der Waals surface area (Å²) in [6.45, 7) is 3.05. The number of amides is 2. The van der Waals surface area contributed by atoms with Crippen LogP contribution < -0.4 is 15.0 Å². The number of hydrogen-bond donors (Lipinski definition) is 1. The van der Waals surface area contributed by atoms with Crippen LogP contribution in [0, 0.1) is 5.92 Å². The number of nitrogens with zero attached hydrogens (tertiary/aromatic N) is 3. The van der Waals surface area contributed by atoms with Crippen molar-refractivity contribution >= 4 is 34.5 Å². The van der Waals surface area contributed by atoms with Gasteiger partial charge in [-0.1, -0.05) is 12.1 Å². The van der Waals surface area contributed by atoms with Crippen LogP contribution >= 0.6 is 0 Å². The van der Waals surface area contributed by atoms with Gasteiger partial charge in [0.25, 0.3) is 0 Å². The lowest BCUT2D eigenvalue weighted by Gasteiger charge is -2.17. The lowest BCUT2D eigenvalue weighted by Crippen LogP contribution is -2.28. The summed E-state index contributed by atoms with van der Waals surface area (Å²) in [5.74, 6) is 0.579. The summed E-state index contributed by atoms with van der Waals surface area (Å²) in [6, 6.07) is 15.0. The molecule has 2 aromatic carbocycles. The molecule has 1 fully saturated rings. The number of methoxy groups -OCH3 is 1. The monoisotopic (exact) mass is 378 g/mol. The van der Waals surface area contributed by atoms with Crippen LogP contribution in [-0.2, 0) is 16.1 Å². The predicted molar refractivity (Wildman–Crippen MR) is 107 cm³/mol. The lowest BCUT2D eigenvalue weighted by molar-refractivity contribution is -0.122. The molecule has 1 aliphatic heterocycles. The van der Waals surface area contributed by atoms with E-state index in [0.29, 0.717) is 19.0 Å². The number of nitrogens with one attached hydrogen (secondary N) is 1. The summed E-state index contributed by atoms with van der Waals surface area (Å²) >= 11 is 0. The smallest absolute Gasteiger partial charge is 0.232 e. The molecule has 1 atom stereocenters. The molecule has 1 N–H and O–H groups in total. The van der Waals surface area contributed by atoms with Crippen molar-refractivity contribution < 1.29 is 14.3 Å². The highest BCUT2D eigenvalue weighted by molar-refractivity contribution is 6.03. The number of benzene rings is 2. The number of aryl methyl sites for hydroxylation is 1. The molecule has 2 amide bonds. The SMILES string of the molecule is CCn1c(NC(=O)C2CC(=O)N(c3ccc(OC)cc3)C2)nc2ccccc21. The molecule has 7 nitrogen and oxygen atoms in total. The molecule has 2 heterocycles. The average Bonchev–Trinajstić information content (AvgIpc) is 3.28. The molecule has 28 heavy (non-hydrogen) atoms. The number of imidazole rings is 1. The van der Waals surface area contributed by atoms with E-state index < -0.39 is 5.92 Å². The summed E-state index contributed by atoms with van der Waals surface area (Å²) in [5.41, 5.74) is 2.58. The Balaban J connectivity index is 1.51. The van der Waals surface area contributed by atoms with Crippen molar-refractivity contribution in [3.05, 3.63) is 48.5 Å². The number of para-hydroxylation sites is 2. The van der Waals surface area contributed by atoms with Gasteiger partial charge in [0.05, 0.1) is 24.1 Å². The van der Waals surface area contributed by atoms with Gasteiger partial charge < -0.3 is 14.2 Å². The number of carbonyl (C=O) groups excluding carboxylic acids is 2. The van der Waals surface area contributed by atoms with E-state index in [-0.39, 0.29) is 18.2 Å². The van der Waals surface area contributed by atoms with E-state index in [0.717, 1.165) is 22.5 Å². The topological polar surface area (TPSA) is 76.5 Å². The first-order valence-electron chi connectivity index (χ1n) is 9.31. The van der Waals surface area contributed by atoms with Gasteiger partial charge in [0.15, 0.2) is 0 Å². The summed E-state index contributed by atoms with van der Waals surface area (Å²) in [7, 11) is 1.60. The Morgan fingerprint density at radius 2 is 1.96 bits per heavy atom. The number of aromatic nitrogens is 2. The standard InChI is InChI=1S/C21H22N4O3/c1-3-24-18-7-5-4-6-17(18)22-21(24)23-20(27)14-12-19(26)25(13-14)15-8-10-16(28-2)11-9-15/h4-11,14H,3,12-13H2,1-2H3,(H,22,23,27). The summed E-state index contributed by atoms with van der Waals surface area (Å²) in [6.07, 6.45) is 0.185. The number of rotatable bonds is 5. The second-order valence-electron chi connectivity index (χ2n) is 6.76. The quantitative estimate of drug-likeness (QED) is 0.740. The second kappa shape index (κ2) is 7.34. The highest BCUT2D eigenvalue weighted by atomic mass is 16.5. The Kier molecular flexibility index (Phi) is 4.73. The molecule has 7 heteroatoms. The van der Waals surface area contributed by atoms with Gasteiger partial charge in [-0.2, -0.15) is 0 Å². The summed E-state index contributed by atoms with van der Waals surface area (Å²) in [5, 5.41) is 2.92. The predicted octanol–water partition coefficient (Wildman–Crippen LogP) is 3.06. The van der Waals surface area contributed by atoms with E-state index in [2.05, 4.69) is 10.3 Å². The lowest BCUT2D eigenvalue weighted by atomic mass is 10.1. The van der Waals surface area contributed by atoms with Gasteiger partial charge in [0.1, 0.15) is 5.75 Å². The molecule has 0 saturated carbocycles. The van der Waals surface area contributed by atoms with E-state index in [1.165, 1.54) is 0 Å². The first-order chi connectivity index (χ1) is 13.6. The molecule has 1 aliphatic rings. The van der Waals surface area contributed by atoms with Gasteiger partial charge in [0, 0.05) is 25.2 Å². The number of carbonyl (C=O) groups is 2. The Labute approximate surface area is 162 Å². The van der Waals surface area contributed by atoms with Crippen molar-refractivity contribution in [2.75, 3.05) is 23.9 Å². The molecule has 0 bridgehead atoms. The molecule has 1 saturated heterocycles. The molecule has 1 unspecified atom stereocenters. The Morgan fingerprint density at radius 1 is 1.21 bits per heavy atom. The number of fused-ring (bicyclic) bond motifs is 1. The van der Waals surface area contributed by atoms with Gasteiger partial charge in [-0.05, 0) is 43.3 Å². The normalized spacial score (nSPS) is 16.6. The fraction of sp³-hybridized carbons (Fsp3) is 0.286. The van der Waals surface area contributed by atoms with Crippen LogP contribution in [-0.4, -0.2) is 35.0 Å². The maximum Gasteiger partial charge on any atom is 0.232 e. The van der Waals surface area contributed by atoms with Crippen molar-refractivity contribution in [2.24, 2.45) is 5.92 Å². The van der Waals surface area contributed by atoms with Gasteiger partial charge in [-0.25, -0.2) is 4.98 Å². The van der Waals surface area contributed by atoms with Crippen LogP contribution in [0.4, 0.5) is 11.6 Å². The van der Waals surface area contributed by atoms with E-state index in [1.54, 1.807) is 24.1 Å². The molecular formula is C21H22N4O3. The molecule has 0 radical (unpaired) electrons. The first-order valence-corrected chi connectivity index (χ1v) is 9.31. The Hall–Kier alpha value is -3.35. The minimum Gasteiger partial charge on any atom is -0.497 e. The van der Waals surface area contributed by atoms with Crippen molar-refractivity contribution in [3.8, 4) is 5.75 Å². The number of anilines is 2. The number of ether oxygens (including phenoxy) is 1. The maximum absolute atomic E-state index is 12.8. The van der Waals surface area contributed by atoms with E-state index in [1.807, 2.05) is 47.9 Å². The fourth-order valence-electron chi connectivity index (χ4n) is 3.60. The van der Waals surface area contributed by atoms with Gasteiger partial charge in [-0.3, -0.25) is 14.9 Å². The zero-order valence-corrected chi connectivity index (χ0v) is 15.9. The van der Waals surface area contributed by atoms with Crippen molar-refractivity contribution in [1.29, 1.82) is 0 Å². The van der Waals surface area contributed by atoms with Crippen LogP contribution in [0.25, 0.3) is 11.0 Å². The number of hydrogen-bond acceptors (Lipinski definition) is 4. The van der Waals surface area contributed by atoms with Crippen molar-refractivity contribution in [1.82, 2.24) is 9.55 Å². The molecule has 1 aromatic heterocycles. The maximum atomic E-state index is 12.8. The largest absolute Gasteiger partial charge is 0.497 e. The van der Waals surface area contributed by atoms with E-state index in [9.17, 15) is 9.59 Å². The van der Waals surface area contributed by atoms with Crippen LogP contribution in [0.1, 0.15) is 13.3 Å². The van der Waals surface area contributed by atoms with Crippen LogP contribution in [0.15, 0.2) is 48.5 Å². The third-order valence-electron chi connectivity index (χ3n) is 5.09. The molecule has 4 rings (SSSR count). The van der Waals surface area contributed by atoms with Crippen LogP contribution in [0.3, 0.4) is 0 Å². The van der Waals surface area contributed by atoms with Gasteiger partial charge >= 0.3 is 0 Å². The third kappa shape index (κ3) is 3.19. The molecule has 3 aromatic rings. The minimum atomic E-state index is -0.417.